The average molecular weight is 665 g/mol. The van der Waals surface area contributed by atoms with Gasteiger partial charge in [0.1, 0.15) is 22.7 Å². The fourth-order valence-corrected chi connectivity index (χ4v) is 4.38. The van der Waals surface area contributed by atoms with Gasteiger partial charge in [-0.3, -0.25) is 14.6 Å². The van der Waals surface area contributed by atoms with Gasteiger partial charge in [0.25, 0.3) is 11.8 Å². The molecule has 3 heterocycles. The molecule has 3 aromatic heterocycles. The summed E-state index contributed by atoms with van der Waals surface area (Å²) in [5, 5.41) is 19.7. The number of ether oxygens (including phenoxy) is 1. The molecule has 1 atom stereocenters. The lowest BCUT2D eigenvalue weighted by Gasteiger charge is -2.11. The summed E-state index contributed by atoms with van der Waals surface area (Å²) in [6.45, 7) is -0.932. The highest BCUT2D eigenvalue weighted by Crippen LogP contribution is 2.28. The first-order valence-electron chi connectivity index (χ1n) is 12.7. The summed E-state index contributed by atoms with van der Waals surface area (Å²) in [6.07, 6.45) is -9.18. The predicted octanol–water partition coefficient (Wildman–Crippen LogP) is 4.41. The van der Waals surface area contributed by atoms with Crippen molar-refractivity contribution in [3.8, 4) is 5.75 Å². The maximum atomic E-state index is 14.6. The summed E-state index contributed by atoms with van der Waals surface area (Å²) < 4.78 is 108. The molecule has 2 amide bonds. The van der Waals surface area contributed by atoms with Crippen LogP contribution in [0.25, 0.3) is 0 Å². The van der Waals surface area contributed by atoms with Gasteiger partial charge < -0.3 is 15.4 Å². The van der Waals surface area contributed by atoms with Gasteiger partial charge in [0.15, 0.2) is 5.69 Å². The third-order valence-corrected chi connectivity index (χ3v) is 6.74. The topological polar surface area (TPSA) is 137 Å². The summed E-state index contributed by atoms with van der Waals surface area (Å²) in [7, 11) is 0. The second-order valence-corrected chi connectivity index (χ2v) is 10.2. The van der Waals surface area contributed by atoms with E-state index >= 15 is 0 Å². The Labute approximate surface area is 251 Å². The van der Waals surface area contributed by atoms with Crippen LogP contribution in [0.3, 0.4) is 0 Å². The Morgan fingerprint density at radius 3 is 2.42 bits per heavy atom. The molecule has 240 valence electrons. The van der Waals surface area contributed by atoms with Crippen LogP contribution in [0, 0.1) is 5.82 Å². The highest BCUT2D eigenvalue weighted by Gasteiger charge is 2.32. The van der Waals surface area contributed by atoms with Crippen molar-refractivity contribution in [1.82, 2.24) is 40.8 Å². The van der Waals surface area contributed by atoms with Crippen LogP contribution in [0.1, 0.15) is 48.5 Å². The number of pyridine rings is 1. The third-order valence-electron chi connectivity index (χ3n) is 5.76. The highest BCUT2D eigenvalue weighted by molar-refractivity contribution is 7.13. The van der Waals surface area contributed by atoms with Gasteiger partial charge in [-0.25, -0.2) is 13.5 Å². The van der Waals surface area contributed by atoms with E-state index in [0.717, 1.165) is 46.4 Å². The summed E-state index contributed by atoms with van der Waals surface area (Å²) in [5.74, 6) is -3.01. The van der Waals surface area contributed by atoms with Crippen LogP contribution in [-0.4, -0.2) is 54.5 Å². The number of benzene rings is 1. The molecule has 11 nitrogen and oxygen atoms in total. The third kappa shape index (κ3) is 9.88. The second kappa shape index (κ2) is 13.9. The maximum absolute atomic E-state index is 14.6. The number of aryl methyl sites for hydroxylation is 1. The quantitative estimate of drug-likeness (QED) is 0.213. The summed E-state index contributed by atoms with van der Waals surface area (Å²) >= 11 is 0.837. The van der Waals surface area contributed by atoms with E-state index in [1.165, 1.54) is 6.20 Å². The maximum Gasteiger partial charge on any atom is 0.573 e. The zero-order valence-electron chi connectivity index (χ0n) is 22.5. The van der Waals surface area contributed by atoms with Crippen LogP contribution in [0.4, 0.5) is 35.1 Å². The molecule has 0 spiro atoms. The molecule has 1 aromatic carbocycles. The Hall–Kier alpha value is -4.75. The summed E-state index contributed by atoms with van der Waals surface area (Å²) in [6, 6.07) is 4.29. The van der Waals surface area contributed by atoms with E-state index in [1.54, 1.807) is 0 Å². The van der Waals surface area contributed by atoms with E-state index < -0.39 is 54.2 Å². The summed E-state index contributed by atoms with van der Waals surface area (Å²) in [5.41, 5.74) is -1.19. The lowest BCUT2D eigenvalue weighted by molar-refractivity contribution is -0.274. The number of alkyl halides is 7. The minimum Gasteiger partial charge on any atom is -0.406 e. The van der Waals surface area contributed by atoms with Gasteiger partial charge in [0, 0.05) is 24.7 Å². The molecular formula is C25H20F8N8O3S. The Balaban J connectivity index is 1.21. The number of nitrogens with one attached hydrogen (secondary N) is 2. The van der Waals surface area contributed by atoms with Gasteiger partial charge in [-0.15, -0.1) is 28.5 Å². The Kier molecular flexibility index (Phi) is 10.2. The number of carbonyl (C=O) groups excluding carboxylic acids is 2. The molecular weight excluding hydrogens is 644 g/mol. The molecule has 0 aliphatic heterocycles. The van der Waals surface area contributed by atoms with E-state index in [1.807, 2.05) is 0 Å². The number of nitrogens with zero attached hydrogens (tertiary/aromatic N) is 6. The van der Waals surface area contributed by atoms with Crippen LogP contribution in [0.15, 0.2) is 42.7 Å². The number of hydrogen-bond donors (Lipinski definition) is 2. The number of aromatic nitrogens is 6. The van der Waals surface area contributed by atoms with Crippen LogP contribution < -0.4 is 15.4 Å². The second-order valence-electron chi connectivity index (χ2n) is 9.17. The van der Waals surface area contributed by atoms with Crippen LogP contribution in [0.5, 0.6) is 5.75 Å². The molecule has 0 aliphatic carbocycles. The fraction of sp³-hybridized carbons (Fsp3) is 0.320. The minimum absolute atomic E-state index is 0.0692. The molecule has 0 saturated heterocycles. The molecule has 0 saturated carbocycles. The molecule has 20 heteroatoms. The van der Waals surface area contributed by atoms with Crippen molar-refractivity contribution in [2.45, 2.75) is 51.2 Å². The normalized spacial score (nSPS) is 12.5. The molecule has 4 rings (SSSR count). The molecule has 2 N–H and O–H groups in total. The molecule has 4 aromatic rings. The first-order valence-corrected chi connectivity index (χ1v) is 13.5. The van der Waals surface area contributed by atoms with Crippen molar-refractivity contribution >= 4 is 23.2 Å². The Morgan fingerprint density at radius 2 is 1.73 bits per heavy atom. The van der Waals surface area contributed by atoms with Gasteiger partial charge in [-0.05, 0) is 36.8 Å². The average Bonchev–Trinajstić information content (AvgIpc) is 3.64. The zero-order chi connectivity index (χ0) is 32.8. The van der Waals surface area contributed by atoms with E-state index in [9.17, 15) is 44.7 Å². The van der Waals surface area contributed by atoms with Crippen molar-refractivity contribution in [3.05, 3.63) is 81.1 Å². The molecule has 0 radical (unpaired) electrons. The van der Waals surface area contributed by atoms with Crippen molar-refractivity contribution in [1.29, 1.82) is 0 Å². The molecule has 45 heavy (non-hydrogen) atoms. The summed E-state index contributed by atoms with van der Waals surface area (Å²) in [4.78, 5) is 28.3. The van der Waals surface area contributed by atoms with E-state index in [0.29, 0.717) is 11.2 Å². The molecule has 0 aliphatic rings. The van der Waals surface area contributed by atoms with Gasteiger partial charge in [-0.1, -0.05) is 16.6 Å². The lowest BCUT2D eigenvalue weighted by Crippen LogP contribution is -2.23. The monoisotopic (exact) mass is 664 g/mol. The smallest absolute Gasteiger partial charge is 0.406 e. The number of halogens is 8. The lowest BCUT2D eigenvalue weighted by atomic mass is 10.2. The minimum atomic E-state index is -4.98. The highest BCUT2D eigenvalue weighted by atomic mass is 32.1. The van der Waals surface area contributed by atoms with Crippen LogP contribution in [-0.2, 0) is 32.2 Å². The first kappa shape index (κ1) is 33.1. The Morgan fingerprint density at radius 1 is 0.978 bits per heavy atom. The van der Waals surface area contributed by atoms with Gasteiger partial charge >= 0.3 is 12.5 Å². The fourth-order valence-electron chi connectivity index (χ4n) is 3.61. The van der Waals surface area contributed by atoms with Crippen LogP contribution in [0.2, 0.25) is 0 Å². The van der Waals surface area contributed by atoms with E-state index in [2.05, 4.69) is 40.9 Å². The number of amides is 2. The SMILES string of the molecule is O=C(NCc1ccc(C(F)(F)F)cn1)c1cn(CC(F)CCc2nnc(C(=O)NCc3cc(OC(F)(F)F)ccc3F)s2)nn1. The van der Waals surface area contributed by atoms with Gasteiger partial charge in [0.05, 0.1) is 30.5 Å². The Bertz CT molecular complexity index is 1630. The standard InChI is InChI=1S/C25H20F8N8O3S/c26-15(11-41-12-19(37-40-41)21(42)36-10-16-3-1-14(9-34-16)24(28,29)30)2-6-20-38-39-23(45-20)22(43)35-8-13-7-17(4-5-18(13)27)44-25(31,32)33/h1,3-5,7,9,12,15H,2,6,8,10-11H2,(H,35,43)(H,36,42). The molecule has 0 bridgehead atoms. The zero-order valence-corrected chi connectivity index (χ0v) is 23.3. The number of carbonyl (C=O) groups is 2. The van der Waals surface area contributed by atoms with Gasteiger partial charge in [0.2, 0.25) is 5.01 Å². The van der Waals surface area contributed by atoms with Crippen molar-refractivity contribution < 1.29 is 49.4 Å². The van der Waals surface area contributed by atoms with E-state index in [4.69, 9.17) is 0 Å². The molecule has 0 fully saturated rings. The molecule has 1 unspecified atom stereocenters. The van der Waals surface area contributed by atoms with Crippen molar-refractivity contribution in [2.24, 2.45) is 0 Å². The van der Waals surface area contributed by atoms with Gasteiger partial charge in [-0.2, -0.15) is 13.2 Å². The van der Waals surface area contributed by atoms with E-state index in [-0.39, 0.29) is 47.9 Å². The van der Waals surface area contributed by atoms with Crippen molar-refractivity contribution in [2.75, 3.05) is 0 Å². The van der Waals surface area contributed by atoms with Crippen molar-refractivity contribution in [3.63, 3.8) is 0 Å². The predicted molar refractivity (Wildman–Crippen MR) is 138 cm³/mol. The largest absolute Gasteiger partial charge is 0.573 e. The number of rotatable bonds is 12. The number of hydrogen-bond acceptors (Lipinski definition) is 9. The van der Waals surface area contributed by atoms with Crippen LogP contribution >= 0.6 is 11.3 Å². The first-order chi connectivity index (χ1) is 21.2.